The molecule has 2 aromatic rings. The molecule has 0 aliphatic heterocycles. The molecule has 0 spiro atoms. The normalized spacial score (nSPS) is 11.0. The molecule has 20 heavy (non-hydrogen) atoms. The summed E-state index contributed by atoms with van der Waals surface area (Å²) >= 11 is 5.21. The average Bonchev–Trinajstić information content (AvgIpc) is 2.69. The molecule has 0 amide bonds. The summed E-state index contributed by atoms with van der Waals surface area (Å²) in [5.74, 6) is 0.876. The van der Waals surface area contributed by atoms with Gasteiger partial charge in [0.1, 0.15) is 0 Å². The number of nitro benzene ring substituents is 1. The second-order valence-electron chi connectivity index (χ2n) is 5.09. The molecule has 0 saturated heterocycles. The molecule has 0 aliphatic rings. The summed E-state index contributed by atoms with van der Waals surface area (Å²) in [4.78, 5) is 10.9. The lowest BCUT2D eigenvalue weighted by molar-refractivity contribution is -0.384. The quantitative estimate of drug-likeness (QED) is 0.531. The van der Waals surface area contributed by atoms with Gasteiger partial charge < -0.3 is 0 Å². The predicted octanol–water partition coefficient (Wildman–Crippen LogP) is 3.48. The Hall–Kier alpha value is -2.02. The van der Waals surface area contributed by atoms with E-state index >= 15 is 0 Å². The third-order valence-electron chi connectivity index (χ3n) is 2.97. The Morgan fingerprint density at radius 2 is 2.20 bits per heavy atom. The fraction of sp³-hybridized carbons (Fsp3) is 0.385. The molecule has 0 saturated carbocycles. The minimum absolute atomic E-state index is 0.0755. The van der Waals surface area contributed by atoms with E-state index in [4.69, 9.17) is 12.2 Å². The van der Waals surface area contributed by atoms with E-state index in [1.165, 1.54) is 0 Å². The van der Waals surface area contributed by atoms with Crippen molar-refractivity contribution in [3.05, 3.63) is 38.6 Å². The molecule has 7 heteroatoms. The summed E-state index contributed by atoms with van der Waals surface area (Å²) in [6.45, 7) is 6.50. The molecular formula is C13H16N4O2S. The zero-order chi connectivity index (χ0) is 14.9. The lowest BCUT2D eigenvalue weighted by Crippen LogP contribution is -2.07. The molecule has 6 nitrogen and oxygen atoms in total. The van der Waals surface area contributed by atoms with Gasteiger partial charge in [0.2, 0.25) is 0 Å². The smallest absolute Gasteiger partial charge is 0.283 e. The highest BCUT2D eigenvalue weighted by atomic mass is 32.1. The summed E-state index contributed by atoms with van der Waals surface area (Å²) in [5, 5.41) is 18.2. The molecule has 1 heterocycles. The van der Waals surface area contributed by atoms with Crippen LogP contribution in [-0.4, -0.2) is 19.7 Å². The number of nitro groups is 1. The molecule has 1 aromatic carbocycles. The number of nitrogens with one attached hydrogen (secondary N) is 1. The van der Waals surface area contributed by atoms with Crippen molar-refractivity contribution in [1.29, 1.82) is 0 Å². The maximum atomic E-state index is 11.3. The first kappa shape index (κ1) is 14.4. The van der Waals surface area contributed by atoms with E-state index in [2.05, 4.69) is 24.0 Å². The number of para-hydroxylation sites is 1. The van der Waals surface area contributed by atoms with Gasteiger partial charge in [-0.15, -0.1) is 0 Å². The highest BCUT2D eigenvalue weighted by Crippen LogP contribution is 2.31. The first-order chi connectivity index (χ1) is 9.41. The van der Waals surface area contributed by atoms with Crippen LogP contribution in [0.1, 0.15) is 19.4 Å². The molecule has 0 fully saturated rings. The fourth-order valence-electron chi connectivity index (χ4n) is 2.14. The van der Waals surface area contributed by atoms with Crippen LogP contribution >= 0.6 is 12.2 Å². The van der Waals surface area contributed by atoms with Gasteiger partial charge in [-0.2, -0.15) is 5.10 Å². The largest absolute Gasteiger partial charge is 0.300 e. The van der Waals surface area contributed by atoms with Crippen LogP contribution in [0.5, 0.6) is 0 Å². The van der Waals surface area contributed by atoms with Crippen LogP contribution in [0.15, 0.2) is 18.2 Å². The molecular weight excluding hydrogens is 276 g/mol. The second-order valence-corrected chi connectivity index (χ2v) is 5.47. The van der Waals surface area contributed by atoms with Gasteiger partial charge in [-0.25, -0.2) is 0 Å². The molecule has 1 N–H and O–H groups in total. The third kappa shape index (κ3) is 2.62. The molecule has 1 aromatic heterocycles. The van der Waals surface area contributed by atoms with E-state index in [-0.39, 0.29) is 10.6 Å². The Kier molecular flexibility index (Phi) is 3.99. The van der Waals surface area contributed by atoms with Crippen LogP contribution in [-0.2, 0) is 6.54 Å². The van der Waals surface area contributed by atoms with Crippen molar-refractivity contribution in [1.82, 2.24) is 14.8 Å². The average molecular weight is 292 g/mol. The maximum Gasteiger partial charge on any atom is 0.283 e. The van der Waals surface area contributed by atoms with Gasteiger partial charge in [-0.1, -0.05) is 26.0 Å². The van der Waals surface area contributed by atoms with Gasteiger partial charge in [0.15, 0.2) is 10.6 Å². The third-order valence-corrected chi connectivity index (χ3v) is 3.28. The number of rotatable bonds is 4. The predicted molar refractivity (Wildman–Crippen MR) is 79.1 cm³/mol. The Balaban J connectivity index is 2.67. The van der Waals surface area contributed by atoms with E-state index in [1.54, 1.807) is 25.1 Å². The van der Waals surface area contributed by atoms with Gasteiger partial charge in [0, 0.05) is 12.1 Å². The van der Waals surface area contributed by atoms with Crippen LogP contribution in [0.4, 0.5) is 5.69 Å². The van der Waals surface area contributed by atoms with E-state index in [0.717, 1.165) is 0 Å². The summed E-state index contributed by atoms with van der Waals surface area (Å²) in [7, 11) is 0. The zero-order valence-electron chi connectivity index (χ0n) is 11.6. The number of aryl methyl sites for hydroxylation is 1. The molecule has 2 rings (SSSR count). The van der Waals surface area contributed by atoms with Crippen molar-refractivity contribution in [2.24, 2.45) is 5.92 Å². The number of nitrogens with zero attached hydrogens (tertiary/aromatic N) is 3. The lowest BCUT2D eigenvalue weighted by atomic mass is 10.1. The Morgan fingerprint density at radius 3 is 2.80 bits per heavy atom. The molecule has 0 atom stereocenters. The van der Waals surface area contributed by atoms with Crippen molar-refractivity contribution in [2.75, 3.05) is 0 Å². The van der Waals surface area contributed by atoms with Crippen LogP contribution in [0.3, 0.4) is 0 Å². The van der Waals surface area contributed by atoms with Gasteiger partial charge >= 0.3 is 0 Å². The fourth-order valence-corrected chi connectivity index (χ4v) is 2.35. The van der Waals surface area contributed by atoms with Crippen LogP contribution < -0.4 is 0 Å². The van der Waals surface area contributed by atoms with Gasteiger partial charge in [-0.3, -0.25) is 19.8 Å². The first-order valence-corrected chi connectivity index (χ1v) is 6.72. The standard InChI is InChI=1S/C13H16N4O2S/c1-8(2)7-16-12(14-15-13(16)20)10-6-4-5-9(3)11(10)17(18)19/h4-6,8H,7H2,1-3H3,(H,15,20). The zero-order valence-corrected chi connectivity index (χ0v) is 12.4. The van der Waals surface area contributed by atoms with Crippen LogP contribution in [0, 0.1) is 27.7 Å². The minimum Gasteiger partial charge on any atom is -0.300 e. The van der Waals surface area contributed by atoms with E-state index in [0.29, 0.717) is 34.2 Å². The summed E-state index contributed by atoms with van der Waals surface area (Å²) < 4.78 is 2.28. The number of H-pyrrole nitrogens is 1. The highest BCUT2D eigenvalue weighted by molar-refractivity contribution is 7.71. The van der Waals surface area contributed by atoms with Crippen molar-refractivity contribution in [3.63, 3.8) is 0 Å². The number of hydrogen-bond acceptors (Lipinski definition) is 4. The van der Waals surface area contributed by atoms with E-state index in [1.807, 2.05) is 4.57 Å². The first-order valence-electron chi connectivity index (χ1n) is 6.31. The molecule has 0 unspecified atom stereocenters. The molecule has 106 valence electrons. The second kappa shape index (κ2) is 5.54. The monoisotopic (exact) mass is 292 g/mol. The Bertz CT molecular complexity index is 703. The van der Waals surface area contributed by atoms with Crippen molar-refractivity contribution in [3.8, 4) is 11.4 Å². The topological polar surface area (TPSA) is 76.8 Å². The molecule has 0 radical (unpaired) electrons. The summed E-state index contributed by atoms with van der Waals surface area (Å²) in [6, 6.07) is 5.21. The van der Waals surface area contributed by atoms with E-state index < -0.39 is 0 Å². The van der Waals surface area contributed by atoms with Crippen molar-refractivity contribution in [2.45, 2.75) is 27.3 Å². The van der Waals surface area contributed by atoms with Gasteiger partial charge in [0.05, 0.1) is 10.5 Å². The van der Waals surface area contributed by atoms with Crippen LogP contribution in [0.25, 0.3) is 11.4 Å². The molecule has 0 aliphatic carbocycles. The van der Waals surface area contributed by atoms with Gasteiger partial charge in [0.25, 0.3) is 5.69 Å². The highest BCUT2D eigenvalue weighted by Gasteiger charge is 2.22. The SMILES string of the molecule is Cc1cccc(-c2n[nH]c(=S)n2CC(C)C)c1[N+](=O)[O-]. The Morgan fingerprint density at radius 1 is 1.50 bits per heavy atom. The summed E-state index contributed by atoms with van der Waals surface area (Å²) in [5.41, 5.74) is 1.17. The lowest BCUT2D eigenvalue weighted by Gasteiger charge is -2.10. The number of hydrogen-bond donors (Lipinski definition) is 1. The van der Waals surface area contributed by atoms with Crippen molar-refractivity contribution >= 4 is 17.9 Å². The number of aromatic amines is 1. The Labute approximate surface area is 121 Å². The molecule has 0 bridgehead atoms. The number of benzene rings is 1. The van der Waals surface area contributed by atoms with Gasteiger partial charge in [-0.05, 0) is 31.1 Å². The van der Waals surface area contributed by atoms with Crippen molar-refractivity contribution < 1.29 is 4.92 Å². The maximum absolute atomic E-state index is 11.3. The summed E-state index contributed by atoms with van der Waals surface area (Å²) in [6.07, 6.45) is 0. The van der Waals surface area contributed by atoms with E-state index in [9.17, 15) is 10.1 Å². The minimum atomic E-state index is -0.373. The number of aromatic nitrogens is 3. The van der Waals surface area contributed by atoms with Crippen LogP contribution in [0.2, 0.25) is 0 Å².